The molecule has 0 aromatic heterocycles. The summed E-state index contributed by atoms with van der Waals surface area (Å²) >= 11 is 5.85. The number of fused-ring (bicyclic) bond motifs is 1. The number of allylic oxidation sites excluding steroid dienone is 2. The molecule has 0 saturated heterocycles. The van der Waals surface area contributed by atoms with Crippen LogP contribution in [-0.2, 0) is 6.42 Å². The number of halogens is 1. The van der Waals surface area contributed by atoms with E-state index in [-0.39, 0.29) is 0 Å². The van der Waals surface area contributed by atoms with Gasteiger partial charge < -0.3 is 0 Å². The summed E-state index contributed by atoms with van der Waals surface area (Å²) in [4.78, 5) is 0. The average Bonchev–Trinajstić information content (AvgIpc) is 2.32. The van der Waals surface area contributed by atoms with E-state index in [0.717, 1.165) is 11.4 Å². The van der Waals surface area contributed by atoms with Crippen LogP contribution >= 0.6 is 11.6 Å². The summed E-state index contributed by atoms with van der Waals surface area (Å²) < 4.78 is 0. The smallest absolute Gasteiger partial charge is 0.0409 e. The lowest BCUT2D eigenvalue weighted by molar-refractivity contribution is 1.31. The maximum atomic E-state index is 5.85. The van der Waals surface area contributed by atoms with E-state index in [9.17, 15) is 0 Å². The van der Waals surface area contributed by atoms with Gasteiger partial charge in [-0.3, -0.25) is 0 Å². The van der Waals surface area contributed by atoms with Crippen molar-refractivity contribution in [2.45, 2.75) is 13.3 Å². The molecule has 0 radical (unpaired) electrons. The molecule has 0 atom stereocenters. The molecule has 0 saturated carbocycles. The molecule has 11 heavy (non-hydrogen) atoms. The topological polar surface area (TPSA) is 0 Å². The van der Waals surface area contributed by atoms with E-state index in [4.69, 9.17) is 11.6 Å². The monoisotopic (exact) mass is 164 g/mol. The normalized spacial score (nSPS) is 14.5. The first kappa shape index (κ1) is 6.93. The number of rotatable bonds is 0. The van der Waals surface area contributed by atoms with Crippen molar-refractivity contribution in [1.29, 1.82) is 0 Å². The molecule has 56 valence electrons. The Morgan fingerprint density at radius 3 is 3.00 bits per heavy atom. The highest BCUT2D eigenvalue weighted by Gasteiger charge is 2.09. The molecule has 0 unspecified atom stereocenters. The fourth-order valence-electron chi connectivity index (χ4n) is 1.49. The second-order valence-electron chi connectivity index (χ2n) is 2.89. The Morgan fingerprint density at radius 1 is 1.36 bits per heavy atom. The van der Waals surface area contributed by atoms with Crippen LogP contribution in [0.2, 0.25) is 5.02 Å². The van der Waals surface area contributed by atoms with E-state index < -0.39 is 0 Å². The molecule has 0 amide bonds. The van der Waals surface area contributed by atoms with Crippen LogP contribution in [0.1, 0.15) is 18.1 Å². The summed E-state index contributed by atoms with van der Waals surface area (Å²) in [6.45, 7) is 2.14. The second-order valence-corrected chi connectivity index (χ2v) is 3.33. The fourth-order valence-corrected chi connectivity index (χ4v) is 1.68. The summed E-state index contributed by atoms with van der Waals surface area (Å²) in [5.41, 5.74) is 4.08. The van der Waals surface area contributed by atoms with Crippen LogP contribution in [0.5, 0.6) is 0 Å². The molecule has 0 bridgehead atoms. The van der Waals surface area contributed by atoms with Gasteiger partial charge in [0.1, 0.15) is 0 Å². The molecular weight excluding hydrogens is 156 g/mol. The van der Waals surface area contributed by atoms with E-state index in [1.54, 1.807) is 0 Å². The van der Waals surface area contributed by atoms with Crippen molar-refractivity contribution in [3.8, 4) is 0 Å². The Bertz CT molecular complexity index is 324. The largest absolute Gasteiger partial charge is 0.0843 e. The lowest BCUT2D eigenvalue weighted by Crippen LogP contribution is -1.81. The van der Waals surface area contributed by atoms with Crippen LogP contribution in [0.15, 0.2) is 24.3 Å². The van der Waals surface area contributed by atoms with E-state index >= 15 is 0 Å². The minimum Gasteiger partial charge on any atom is -0.0843 e. The van der Waals surface area contributed by atoms with Gasteiger partial charge in [-0.05, 0) is 42.2 Å². The van der Waals surface area contributed by atoms with Gasteiger partial charge >= 0.3 is 0 Å². The third kappa shape index (κ3) is 1.08. The van der Waals surface area contributed by atoms with Gasteiger partial charge in [-0.2, -0.15) is 0 Å². The van der Waals surface area contributed by atoms with Gasteiger partial charge in [-0.25, -0.2) is 0 Å². The van der Waals surface area contributed by atoms with Crippen LogP contribution in [0.25, 0.3) is 5.57 Å². The van der Waals surface area contributed by atoms with Crippen molar-refractivity contribution >= 4 is 17.2 Å². The van der Waals surface area contributed by atoms with Crippen LogP contribution in [0.4, 0.5) is 0 Å². The molecule has 0 spiro atoms. The molecule has 1 aromatic carbocycles. The zero-order valence-electron chi connectivity index (χ0n) is 6.39. The van der Waals surface area contributed by atoms with E-state index in [0.29, 0.717) is 0 Å². The van der Waals surface area contributed by atoms with Crippen molar-refractivity contribution in [1.82, 2.24) is 0 Å². The van der Waals surface area contributed by atoms with Gasteiger partial charge in [0.15, 0.2) is 0 Å². The third-order valence-corrected chi connectivity index (χ3v) is 2.36. The molecule has 0 N–H and O–H groups in total. The Morgan fingerprint density at radius 2 is 2.18 bits per heavy atom. The molecule has 2 rings (SSSR count). The predicted octanol–water partition coefficient (Wildman–Crippen LogP) is 3.30. The summed E-state index contributed by atoms with van der Waals surface area (Å²) in [5, 5.41) is 0.840. The molecular formula is C10H9Cl. The van der Waals surface area contributed by atoms with Crippen molar-refractivity contribution in [2.75, 3.05) is 0 Å². The Labute approximate surface area is 71.5 Å². The van der Waals surface area contributed by atoms with Gasteiger partial charge in [0.2, 0.25) is 0 Å². The summed E-state index contributed by atoms with van der Waals surface area (Å²) in [7, 11) is 0. The lowest BCUT2D eigenvalue weighted by Gasteiger charge is -2.00. The first-order chi connectivity index (χ1) is 5.27. The van der Waals surface area contributed by atoms with Gasteiger partial charge in [0.05, 0.1) is 0 Å². The minimum atomic E-state index is 0.840. The quantitative estimate of drug-likeness (QED) is 0.552. The third-order valence-electron chi connectivity index (χ3n) is 2.12. The van der Waals surface area contributed by atoms with E-state index in [2.05, 4.69) is 19.1 Å². The maximum absolute atomic E-state index is 5.85. The predicted molar refractivity (Wildman–Crippen MR) is 48.8 cm³/mol. The molecule has 1 heteroatoms. The maximum Gasteiger partial charge on any atom is 0.0409 e. The average molecular weight is 165 g/mol. The zero-order chi connectivity index (χ0) is 7.84. The Balaban J connectivity index is 2.58. The van der Waals surface area contributed by atoms with Crippen molar-refractivity contribution in [3.05, 3.63) is 40.4 Å². The van der Waals surface area contributed by atoms with Crippen LogP contribution in [-0.4, -0.2) is 0 Å². The first-order valence-corrected chi connectivity index (χ1v) is 4.11. The highest BCUT2D eigenvalue weighted by atomic mass is 35.5. The SMILES string of the molecule is CC1=CCc2cc(Cl)ccc21. The lowest BCUT2D eigenvalue weighted by atomic mass is 10.1. The van der Waals surface area contributed by atoms with Gasteiger partial charge in [0, 0.05) is 5.02 Å². The van der Waals surface area contributed by atoms with Crippen LogP contribution < -0.4 is 0 Å². The van der Waals surface area contributed by atoms with E-state index in [1.807, 2.05) is 12.1 Å². The Kier molecular flexibility index (Phi) is 1.50. The standard InChI is InChI=1S/C10H9Cl/c1-7-2-3-8-6-9(11)4-5-10(7)8/h2,4-6H,3H2,1H3. The highest BCUT2D eigenvalue weighted by Crippen LogP contribution is 2.28. The first-order valence-electron chi connectivity index (χ1n) is 3.73. The second kappa shape index (κ2) is 2.38. The molecule has 1 aliphatic rings. The van der Waals surface area contributed by atoms with Gasteiger partial charge in [0.25, 0.3) is 0 Å². The highest BCUT2D eigenvalue weighted by molar-refractivity contribution is 6.30. The fraction of sp³-hybridized carbons (Fsp3) is 0.200. The van der Waals surface area contributed by atoms with Crippen molar-refractivity contribution in [2.24, 2.45) is 0 Å². The number of hydrogen-bond donors (Lipinski definition) is 0. The summed E-state index contributed by atoms with van der Waals surface area (Å²) in [6, 6.07) is 6.09. The van der Waals surface area contributed by atoms with Crippen LogP contribution in [0.3, 0.4) is 0 Å². The Hall–Kier alpha value is -0.750. The zero-order valence-corrected chi connectivity index (χ0v) is 7.15. The molecule has 0 heterocycles. The van der Waals surface area contributed by atoms with Crippen molar-refractivity contribution < 1.29 is 0 Å². The number of hydrogen-bond acceptors (Lipinski definition) is 0. The molecule has 0 aliphatic heterocycles. The number of benzene rings is 1. The molecule has 0 nitrogen and oxygen atoms in total. The summed E-state index contributed by atoms with van der Waals surface area (Å²) in [5.74, 6) is 0. The summed E-state index contributed by atoms with van der Waals surface area (Å²) in [6.07, 6.45) is 3.28. The molecule has 0 fully saturated rings. The van der Waals surface area contributed by atoms with Crippen LogP contribution in [0, 0.1) is 0 Å². The van der Waals surface area contributed by atoms with Gasteiger partial charge in [-0.1, -0.05) is 23.7 Å². The van der Waals surface area contributed by atoms with Gasteiger partial charge in [-0.15, -0.1) is 0 Å². The van der Waals surface area contributed by atoms with Crippen molar-refractivity contribution in [3.63, 3.8) is 0 Å². The molecule has 1 aliphatic carbocycles. The minimum absolute atomic E-state index is 0.840. The molecule has 1 aromatic rings. The van der Waals surface area contributed by atoms with E-state index in [1.165, 1.54) is 16.7 Å².